The quantitative estimate of drug-likeness (QED) is 0.0499. The van der Waals surface area contributed by atoms with E-state index >= 15 is 0 Å². The number of amides is 4. The smallest absolute Gasteiger partial charge is 0.407 e. The lowest BCUT2D eigenvalue weighted by Crippen LogP contribution is -2.71. The summed E-state index contributed by atoms with van der Waals surface area (Å²) in [7, 11) is 0. The van der Waals surface area contributed by atoms with Crippen molar-refractivity contribution < 1.29 is 38.7 Å². The molecule has 1 unspecified atom stereocenters. The minimum absolute atomic E-state index is 0.0126. The average molecular weight is 654 g/mol. The van der Waals surface area contributed by atoms with Crippen LogP contribution in [0.3, 0.4) is 0 Å². The molecule has 20 heteroatoms. The van der Waals surface area contributed by atoms with Crippen LogP contribution < -0.4 is 16.0 Å². The summed E-state index contributed by atoms with van der Waals surface area (Å²) in [5.41, 5.74) is -0.512. The zero-order chi connectivity index (χ0) is 31.1. The van der Waals surface area contributed by atoms with Crippen LogP contribution in [-0.4, -0.2) is 108 Å². The molecule has 17 nitrogen and oxygen atoms in total. The van der Waals surface area contributed by atoms with E-state index in [1.165, 1.54) is 35.1 Å². The number of thioether (sulfide) groups is 2. The fourth-order valence-corrected chi connectivity index (χ4v) is 6.68. The van der Waals surface area contributed by atoms with Gasteiger partial charge in [0.15, 0.2) is 10.8 Å². The van der Waals surface area contributed by atoms with E-state index in [1.807, 2.05) is 0 Å². The van der Waals surface area contributed by atoms with Crippen LogP contribution in [0.15, 0.2) is 33.0 Å². The number of hydrogen-bond donors (Lipinski definition) is 5. The first kappa shape index (κ1) is 31.8. The number of anilines is 1. The summed E-state index contributed by atoms with van der Waals surface area (Å²) in [5, 5.41) is 32.9. The number of thiazole rings is 1. The van der Waals surface area contributed by atoms with Crippen molar-refractivity contribution in [3.63, 3.8) is 0 Å². The third-order valence-electron chi connectivity index (χ3n) is 5.49. The third-order valence-corrected chi connectivity index (χ3v) is 8.58. The molecule has 2 aliphatic rings. The number of alkyl carbamates (subject to hydrolysis) is 1. The molecule has 4 amide bonds. The van der Waals surface area contributed by atoms with Crippen molar-refractivity contribution in [2.45, 2.75) is 42.8 Å². The Morgan fingerprint density at radius 3 is 2.81 bits per heavy atom. The fraction of sp³-hybridized carbons (Fsp3) is 0.435. The van der Waals surface area contributed by atoms with E-state index in [9.17, 15) is 29.1 Å². The number of β-lactam (4-membered cyclic amide) rings is 1. The molecule has 2 aromatic heterocycles. The van der Waals surface area contributed by atoms with Gasteiger partial charge in [-0.1, -0.05) is 16.9 Å². The van der Waals surface area contributed by atoms with Crippen molar-refractivity contribution in [1.29, 1.82) is 0 Å². The summed E-state index contributed by atoms with van der Waals surface area (Å²) in [5.74, 6) is -2.07. The van der Waals surface area contributed by atoms with Gasteiger partial charge in [-0.05, 0) is 26.3 Å². The Kier molecular flexibility index (Phi) is 10.2. The number of hydrogen-bond acceptors (Lipinski definition) is 14. The first-order chi connectivity index (χ1) is 20.5. The number of H-pyrrole nitrogens is 1. The molecule has 5 N–H and O–H groups in total. The summed E-state index contributed by atoms with van der Waals surface area (Å²) >= 11 is 3.62. The minimum atomic E-state index is -1.26. The monoisotopic (exact) mass is 653 g/mol. The molecule has 0 bridgehead atoms. The second kappa shape index (κ2) is 13.9. The van der Waals surface area contributed by atoms with Gasteiger partial charge in [0.1, 0.15) is 40.0 Å². The van der Waals surface area contributed by atoms with Crippen LogP contribution in [0.5, 0.6) is 0 Å². The highest BCUT2D eigenvalue weighted by atomic mass is 32.2. The number of carbonyl (C=O) groups excluding carboxylic acids is 4. The predicted molar refractivity (Wildman–Crippen MR) is 155 cm³/mol. The number of fused-ring (bicyclic) bond motifs is 1. The molecule has 2 aromatic rings. The Morgan fingerprint density at radius 2 is 2.14 bits per heavy atom. The molecule has 4 rings (SSSR count). The number of ether oxygens (including phenoxy) is 1. The van der Waals surface area contributed by atoms with Crippen molar-refractivity contribution in [3.8, 4) is 0 Å². The van der Waals surface area contributed by atoms with Crippen molar-refractivity contribution in [3.05, 3.63) is 28.5 Å². The second-order valence-electron chi connectivity index (χ2n) is 9.72. The molecular weight excluding hydrogens is 627 g/mol. The zero-order valence-corrected chi connectivity index (χ0v) is 25.4. The molecule has 0 radical (unpaired) electrons. The van der Waals surface area contributed by atoms with Crippen LogP contribution in [0.1, 0.15) is 26.5 Å². The van der Waals surface area contributed by atoms with Gasteiger partial charge in [0, 0.05) is 16.9 Å². The van der Waals surface area contributed by atoms with Gasteiger partial charge < -0.3 is 30.6 Å². The summed E-state index contributed by atoms with van der Waals surface area (Å²) in [6.07, 6.45) is 1.27. The van der Waals surface area contributed by atoms with Crippen molar-refractivity contribution in [2.24, 2.45) is 5.16 Å². The molecular formula is C23H27N9O8S3. The van der Waals surface area contributed by atoms with Crippen LogP contribution in [0, 0.1) is 0 Å². The van der Waals surface area contributed by atoms with E-state index in [4.69, 9.17) is 9.57 Å². The van der Waals surface area contributed by atoms with Crippen LogP contribution in [0.25, 0.3) is 0 Å². The number of rotatable bonds is 13. The first-order valence-corrected chi connectivity index (χ1v) is 15.4. The highest BCUT2D eigenvalue weighted by Crippen LogP contribution is 2.41. The number of nitrogens with zero attached hydrogens (tertiary/aromatic N) is 5. The molecule has 4 heterocycles. The number of aliphatic carboxylic acids is 1. The lowest BCUT2D eigenvalue weighted by molar-refractivity contribution is -0.150. The Labute approximate surface area is 256 Å². The molecule has 0 spiro atoms. The maximum absolute atomic E-state index is 13.3. The second-order valence-corrected chi connectivity index (χ2v) is 12.7. The fourth-order valence-electron chi connectivity index (χ4n) is 3.75. The molecule has 0 saturated carbocycles. The van der Waals surface area contributed by atoms with E-state index < -0.39 is 40.9 Å². The van der Waals surface area contributed by atoms with Gasteiger partial charge in [0.2, 0.25) is 6.41 Å². The van der Waals surface area contributed by atoms with Gasteiger partial charge in [-0.3, -0.25) is 19.3 Å². The van der Waals surface area contributed by atoms with E-state index in [0.717, 1.165) is 16.2 Å². The number of oxime groups is 1. The molecule has 2 atom stereocenters. The number of aromatic amines is 1. The summed E-state index contributed by atoms with van der Waals surface area (Å²) in [4.78, 5) is 71.7. The number of aromatic nitrogens is 4. The number of carboxylic acids is 1. The topological polar surface area (TPSA) is 230 Å². The van der Waals surface area contributed by atoms with Crippen LogP contribution in [0.4, 0.5) is 9.93 Å². The lowest BCUT2D eigenvalue weighted by atomic mass is 10.0. The Balaban J connectivity index is 1.43. The molecule has 0 aliphatic carbocycles. The maximum atomic E-state index is 13.3. The summed E-state index contributed by atoms with van der Waals surface area (Å²) < 4.78 is 5.14. The highest BCUT2D eigenvalue weighted by Gasteiger charge is 2.54. The van der Waals surface area contributed by atoms with E-state index in [-0.39, 0.29) is 41.1 Å². The summed E-state index contributed by atoms with van der Waals surface area (Å²) in [6.45, 7) is 5.04. The Hall–Kier alpha value is -4.17. The molecule has 43 heavy (non-hydrogen) atoms. The van der Waals surface area contributed by atoms with Gasteiger partial charge >= 0.3 is 12.1 Å². The largest absolute Gasteiger partial charge is 0.477 e. The summed E-state index contributed by atoms with van der Waals surface area (Å²) in [6, 6.07) is -1.04. The van der Waals surface area contributed by atoms with Crippen molar-refractivity contribution >= 4 is 76.0 Å². The molecule has 2 aliphatic heterocycles. The highest BCUT2D eigenvalue weighted by molar-refractivity contribution is 8.01. The average Bonchev–Trinajstić information content (AvgIpc) is 3.63. The lowest BCUT2D eigenvalue weighted by Gasteiger charge is -2.49. The number of carboxylic acid groups (broad SMARTS) is 1. The number of nitrogens with one attached hydrogen (secondary N) is 4. The van der Waals surface area contributed by atoms with E-state index in [2.05, 4.69) is 41.5 Å². The minimum Gasteiger partial charge on any atom is -0.477 e. The molecule has 1 saturated heterocycles. The molecule has 230 valence electrons. The molecule has 1 fully saturated rings. The standard InChI is InChI=1S/C23H27N9O8S3/c1-23(2,3)40-22(38)24-4-5-39-30-14(12-9-43-21(27-12)25-10-33)17(34)28-15-18(35)32-16(20(36)37)11(8-42-19(15)32)7-41-13-6-26-31-29-13/h6,9-10,15,19H,4-5,7-8H2,1-3H3,(H,24,38)(H,28,34)(H,36,37)(H,25,27,33)(H,26,29,31)/t15?,19-/m0/s1. The normalized spacial score (nSPS) is 18.3. The third kappa shape index (κ3) is 8.02. The predicted octanol–water partition coefficient (Wildman–Crippen LogP) is 0.606. The van der Waals surface area contributed by atoms with Crippen molar-refractivity contribution in [1.82, 2.24) is 35.9 Å². The van der Waals surface area contributed by atoms with Crippen LogP contribution in [-0.2, 0) is 28.8 Å². The maximum Gasteiger partial charge on any atom is 0.407 e. The van der Waals surface area contributed by atoms with Crippen LogP contribution in [0.2, 0.25) is 0 Å². The van der Waals surface area contributed by atoms with Gasteiger partial charge in [0.25, 0.3) is 11.8 Å². The zero-order valence-electron chi connectivity index (χ0n) is 23.0. The van der Waals surface area contributed by atoms with Gasteiger partial charge in [-0.15, -0.1) is 28.2 Å². The van der Waals surface area contributed by atoms with E-state index in [0.29, 0.717) is 22.8 Å². The van der Waals surface area contributed by atoms with Crippen molar-refractivity contribution in [2.75, 3.05) is 30.0 Å². The van der Waals surface area contributed by atoms with Crippen LogP contribution >= 0.6 is 34.9 Å². The first-order valence-electron chi connectivity index (χ1n) is 12.5. The Bertz CT molecular complexity index is 1440. The Morgan fingerprint density at radius 1 is 1.35 bits per heavy atom. The molecule has 0 aromatic carbocycles. The van der Waals surface area contributed by atoms with Gasteiger partial charge in [-0.2, -0.15) is 10.3 Å². The van der Waals surface area contributed by atoms with E-state index in [1.54, 1.807) is 20.8 Å². The van der Waals surface area contributed by atoms with Gasteiger partial charge in [-0.25, -0.2) is 14.6 Å². The van der Waals surface area contributed by atoms with Gasteiger partial charge in [0.05, 0.1) is 12.7 Å². The number of carbonyl (C=O) groups is 5. The SMILES string of the molecule is CC(C)(C)OC(=O)NCCON=C(C(=O)NC1C(=O)N2C(C(=O)O)=C(CSc3cn[nH]n3)CS[C@@H]12)c1csc(NC=O)n1.